The van der Waals surface area contributed by atoms with Crippen molar-refractivity contribution in [2.45, 2.75) is 0 Å². The number of benzene rings is 1. The summed E-state index contributed by atoms with van der Waals surface area (Å²) in [7, 11) is 0. The maximum atomic E-state index is 5.70. The molecule has 0 N–H and O–H groups in total. The summed E-state index contributed by atoms with van der Waals surface area (Å²) in [5.41, 5.74) is 2.17. The van der Waals surface area contributed by atoms with E-state index in [-0.39, 0.29) is 0 Å². The van der Waals surface area contributed by atoms with Crippen LogP contribution >= 0.6 is 0 Å². The first-order chi connectivity index (χ1) is 8.90. The van der Waals surface area contributed by atoms with Crippen molar-refractivity contribution < 1.29 is 9.05 Å². The lowest BCUT2D eigenvalue weighted by molar-refractivity contribution is 0.314. The fraction of sp³-hybridized carbons (Fsp3) is 0. The Balaban J connectivity index is 1.94. The van der Waals surface area contributed by atoms with Crippen LogP contribution < -0.4 is 0 Å². The average molecular weight is 238 g/mol. The highest BCUT2D eigenvalue weighted by atomic mass is 16.6. The van der Waals surface area contributed by atoms with Crippen molar-refractivity contribution >= 4 is 22.3 Å². The molecule has 0 saturated heterocycles. The molecular weight excluding hydrogens is 232 g/mol. The lowest BCUT2D eigenvalue weighted by atomic mass is 10.2. The molecule has 0 aliphatic rings. The molecule has 4 rings (SSSR count). The minimum absolute atomic E-state index is 0.368. The lowest BCUT2D eigenvalue weighted by Gasteiger charge is -1.92. The molecule has 0 aliphatic heterocycles. The second-order valence-electron chi connectivity index (χ2n) is 3.82. The van der Waals surface area contributed by atoms with Crippen LogP contribution in [0.5, 0.6) is 0 Å². The van der Waals surface area contributed by atoms with E-state index in [9.17, 15) is 0 Å². The van der Waals surface area contributed by atoms with Crippen molar-refractivity contribution in [2.24, 2.45) is 0 Å². The van der Waals surface area contributed by atoms with Crippen molar-refractivity contribution in [3.8, 4) is 11.5 Å². The minimum Gasteiger partial charge on any atom is -0.454 e. The number of aromatic nitrogens is 4. The van der Waals surface area contributed by atoms with Crippen LogP contribution in [0.2, 0.25) is 0 Å². The van der Waals surface area contributed by atoms with Crippen molar-refractivity contribution in [2.75, 3.05) is 0 Å². The third kappa shape index (κ3) is 1.29. The zero-order valence-corrected chi connectivity index (χ0v) is 9.07. The number of fused-ring (bicyclic) bond motifs is 2. The van der Waals surface area contributed by atoms with Gasteiger partial charge in [0.05, 0.1) is 6.20 Å². The molecule has 0 amide bonds. The second-order valence-corrected chi connectivity index (χ2v) is 3.82. The van der Waals surface area contributed by atoms with Gasteiger partial charge in [0.25, 0.3) is 0 Å². The minimum atomic E-state index is 0.368. The predicted octanol–water partition coefficient (Wildman–Crippen LogP) is 2.43. The van der Waals surface area contributed by atoms with Gasteiger partial charge in [-0.15, -0.1) is 0 Å². The lowest BCUT2D eigenvalue weighted by Crippen LogP contribution is -1.86. The van der Waals surface area contributed by atoms with E-state index in [1.807, 2.05) is 30.3 Å². The van der Waals surface area contributed by atoms with Gasteiger partial charge < -0.3 is 4.42 Å². The first-order valence-electron chi connectivity index (χ1n) is 5.34. The van der Waals surface area contributed by atoms with Gasteiger partial charge in [-0.05, 0) is 22.4 Å². The number of hydrogen-bond donors (Lipinski definition) is 0. The molecule has 0 spiro atoms. The molecule has 86 valence electrons. The molecule has 0 radical (unpaired) electrons. The van der Waals surface area contributed by atoms with Crippen LogP contribution in [0.25, 0.3) is 33.7 Å². The smallest absolute Gasteiger partial charge is 0.244 e. The van der Waals surface area contributed by atoms with Gasteiger partial charge >= 0.3 is 0 Å². The molecule has 6 nitrogen and oxygen atoms in total. The van der Waals surface area contributed by atoms with E-state index < -0.39 is 0 Å². The van der Waals surface area contributed by atoms with E-state index >= 15 is 0 Å². The monoisotopic (exact) mass is 238 g/mol. The molecule has 18 heavy (non-hydrogen) atoms. The number of nitrogens with zero attached hydrogens (tertiary/aromatic N) is 4. The van der Waals surface area contributed by atoms with E-state index in [2.05, 4.69) is 24.9 Å². The number of para-hydroxylation sites is 1. The summed E-state index contributed by atoms with van der Waals surface area (Å²) < 4.78 is 10.3. The molecule has 0 atom stereocenters. The van der Waals surface area contributed by atoms with E-state index in [1.54, 1.807) is 6.20 Å². The van der Waals surface area contributed by atoms with Gasteiger partial charge in [0.1, 0.15) is 11.3 Å². The van der Waals surface area contributed by atoms with Crippen LogP contribution in [-0.4, -0.2) is 20.3 Å². The molecule has 1 aromatic carbocycles. The molecule has 4 aromatic rings. The van der Waals surface area contributed by atoms with Gasteiger partial charge in [0.2, 0.25) is 11.3 Å². The quantitative estimate of drug-likeness (QED) is 0.506. The third-order valence-electron chi connectivity index (χ3n) is 2.67. The molecular formula is C12H6N4O2. The first kappa shape index (κ1) is 9.29. The van der Waals surface area contributed by atoms with Crippen LogP contribution in [0.3, 0.4) is 0 Å². The van der Waals surface area contributed by atoms with Gasteiger partial charge in [-0.25, -0.2) is 14.6 Å². The Morgan fingerprint density at radius 1 is 1.00 bits per heavy atom. The summed E-state index contributed by atoms with van der Waals surface area (Å²) in [6, 6.07) is 9.68. The number of rotatable bonds is 1. The topological polar surface area (TPSA) is 77.8 Å². The molecule has 0 aliphatic carbocycles. The van der Waals surface area contributed by atoms with Gasteiger partial charge in [-0.2, -0.15) is 0 Å². The molecule has 3 aromatic heterocycles. The highest BCUT2D eigenvalue weighted by Crippen LogP contribution is 2.26. The average Bonchev–Trinajstić information content (AvgIpc) is 3.04. The van der Waals surface area contributed by atoms with Crippen LogP contribution in [-0.2, 0) is 0 Å². The molecule has 6 heteroatoms. The zero-order chi connectivity index (χ0) is 11.9. The van der Waals surface area contributed by atoms with Crippen LogP contribution in [0.1, 0.15) is 0 Å². The normalized spacial score (nSPS) is 11.3. The largest absolute Gasteiger partial charge is 0.454 e. The fourth-order valence-corrected chi connectivity index (χ4v) is 1.82. The van der Waals surface area contributed by atoms with Gasteiger partial charge in [0.15, 0.2) is 5.76 Å². The Morgan fingerprint density at radius 2 is 1.89 bits per heavy atom. The van der Waals surface area contributed by atoms with E-state index in [0.29, 0.717) is 22.7 Å². The standard InChI is InChI=1S/C12H6N4O2/c1-2-4-9-7(3-1)5-10(17-9)8-6-13-11-12(14-8)16-18-15-11/h1-6H. The van der Waals surface area contributed by atoms with E-state index in [0.717, 1.165) is 11.0 Å². The Bertz CT molecular complexity index is 816. The summed E-state index contributed by atoms with van der Waals surface area (Å²) in [4.78, 5) is 8.37. The summed E-state index contributed by atoms with van der Waals surface area (Å²) >= 11 is 0. The highest BCUT2D eigenvalue weighted by molar-refractivity contribution is 5.82. The maximum Gasteiger partial charge on any atom is 0.244 e. The zero-order valence-electron chi connectivity index (χ0n) is 9.07. The van der Waals surface area contributed by atoms with Gasteiger partial charge in [-0.3, -0.25) is 0 Å². The second kappa shape index (κ2) is 3.36. The maximum absolute atomic E-state index is 5.70. The molecule has 3 heterocycles. The third-order valence-corrected chi connectivity index (χ3v) is 2.67. The molecule has 0 saturated carbocycles. The van der Waals surface area contributed by atoms with E-state index in [1.165, 1.54) is 0 Å². The molecule has 0 unspecified atom stereocenters. The number of furan rings is 1. The highest BCUT2D eigenvalue weighted by Gasteiger charge is 2.10. The Labute approximate surface area is 100 Å². The Kier molecular flexibility index (Phi) is 1.74. The summed E-state index contributed by atoms with van der Waals surface area (Å²) in [6.07, 6.45) is 1.59. The van der Waals surface area contributed by atoms with Crippen molar-refractivity contribution in [1.29, 1.82) is 0 Å². The summed E-state index contributed by atoms with van der Waals surface area (Å²) in [6.45, 7) is 0. The van der Waals surface area contributed by atoms with Crippen molar-refractivity contribution in [3.63, 3.8) is 0 Å². The first-order valence-corrected chi connectivity index (χ1v) is 5.34. The summed E-state index contributed by atoms with van der Waals surface area (Å²) in [5, 5.41) is 8.28. The van der Waals surface area contributed by atoms with Gasteiger partial charge in [0, 0.05) is 5.39 Å². The van der Waals surface area contributed by atoms with Gasteiger partial charge in [-0.1, -0.05) is 18.2 Å². The number of hydrogen-bond acceptors (Lipinski definition) is 6. The molecule has 0 fully saturated rings. The SMILES string of the molecule is c1ccc2oc(-c3cnc4nonc4n3)cc2c1. The van der Waals surface area contributed by atoms with Crippen LogP contribution in [0.4, 0.5) is 0 Å². The Morgan fingerprint density at radius 3 is 2.83 bits per heavy atom. The molecule has 0 bridgehead atoms. The van der Waals surface area contributed by atoms with Crippen molar-refractivity contribution in [3.05, 3.63) is 36.5 Å². The fourth-order valence-electron chi connectivity index (χ4n) is 1.82. The van der Waals surface area contributed by atoms with Crippen molar-refractivity contribution in [1.82, 2.24) is 20.3 Å². The van der Waals surface area contributed by atoms with Crippen LogP contribution in [0, 0.1) is 0 Å². The Hall–Kier alpha value is -2.76. The van der Waals surface area contributed by atoms with Crippen LogP contribution in [0.15, 0.2) is 45.6 Å². The summed E-state index contributed by atoms with van der Waals surface area (Å²) in [5.74, 6) is 0.647. The van der Waals surface area contributed by atoms with E-state index in [4.69, 9.17) is 4.42 Å². The predicted molar refractivity (Wildman–Crippen MR) is 62.6 cm³/mol.